The molecule has 4 heteroatoms. The summed E-state index contributed by atoms with van der Waals surface area (Å²) in [7, 11) is 2.54. The molecule has 0 unspecified atom stereocenters. The fraction of sp³-hybridized carbons (Fsp3) is 0.667. The summed E-state index contributed by atoms with van der Waals surface area (Å²) in [5.41, 5.74) is 0.764. The minimum absolute atomic E-state index is 0.559. The van der Waals surface area contributed by atoms with Gasteiger partial charge in [0, 0.05) is 0 Å². The van der Waals surface area contributed by atoms with E-state index in [2.05, 4.69) is 16.4 Å². The third-order valence-electron chi connectivity index (χ3n) is 2.43. The molecule has 16 heavy (non-hydrogen) atoms. The molecule has 0 bridgehead atoms. The number of esters is 2. The highest BCUT2D eigenvalue weighted by molar-refractivity contribution is 5.98. The lowest BCUT2D eigenvalue weighted by molar-refractivity contribution is -0.156. The Balaban J connectivity index is 4.85. The molecule has 0 aliphatic carbocycles. The van der Waals surface area contributed by atoms with Crippen LogP contribution in [0.15, 0.2) is 11.6 Å². The molecule has 4 nitrogen and oxygen atoms in total. The van der Waals surface area contributed by atoms with Gasteiger partial charge in [0.2, 0.25) is 0 Å². The van der Waals surface area contributed by atoms with Crippen LogP contribution in [0.1, 0.15) is 33.1 Å². The Kier molecular flexibility index (Phi) is 7.25. The number of ether oxygens (including phenoxy) is 2. The summed E-state index contributed by atoms with van der Waals surface area (Å²) in [6.07, 6.45) is 4.44. The van der Waals surface area contributed by atoms with Gasteiger partial charge in [-0.1, -0.05) is 19.4 Å². The van der Waals surface area contributed by atoms with Gasteiger partial charge in [-0.05, 0) is 25.3 Å². The van der Waals surface area contributed by atoms with Crippen LogP contribution in [0.3, 0.4) is 0 Å². The second-order valence-corrected chi connectivity index (χ2v) is 3.45. The zero-order chi connectivity index (χ0) is 12.6. The normalized spacial score (nSPS) is 11.4. The van der Waals surface area contributed by atoms with Crippen molar-refractivity contribution in [2.24, 2.45) is 5.92 Å². The predicted octanol–water partition coefficient (Wildman–Crippen LogP) is 2.09. The van der Waals surface area contributed by atoms with Gasteiger partial charge in [-0.3, -0.25) is 9.59 Å². The number of rotatable bonds is 6. The van der Waals surface area contributed by atoms with Crippen LogP contribution in [-0.4, -0.2) is 26.2 Å². The van der Waals surface area contributed by atoms with E-state index in [1.165, 1.54) is 14.2 Å². The maximum absolute atomic E-state index is 11.5. The maximum Gasteiger partial charge on any atom is 0.324 e. The van der Waals surface area contributed by atoms with Crippen LogP contribution < -0.4 is 0 Å². The van der Waals surface area contributed by atoms with E-state index in [4.69, 9.17) is 0 Å². The van der Waals surface area contributed by atoms with Crippen molar-refractivity contribution in [3.8, 4) is 0 Å². The van der Waals surface area contributed by atoms with E-state index >= 15 is 0 Å². The van der Waals surface area contributed by atoms with Crippen molar-refractivity contribution < 1.29 is 19.1 Å². The molecule has 0 atom stereocenters. The Bertz CT molecular complexity index is 252. The first-order valence-corrected chi connectivity index (χ1v) is 5.43. The Labute approximate surface area is 96.6 Å². The van der Waals surface area contributed by atoms with Gasteiger partial charge < -0.3 is 9.47 Å². The van der Waals surface area contributed by atoms with Gasteiger partial charge in [0.25, 0.3) is 0 Å². The van der Waals surface area contributed by atoms with Crippen LogP contribution in [0.2, 0.25) is 0 Å². The molecule has 0 aliphatic heterocycles. The molecule has 0 rings (SSSR count). The average Bonchev–Trinajstić information content (AvgIpc) is 2.32. The van der Waals surface area contributed by atoms with E-state index < -0.39 is 17.9 Å². The first-order valence-electron chi connectivity index (χ1n) is 5.43. The molecule has 0 heterocycles. The van der Waals surface area contributed by atoms with Crippen LogP contribution in [0, 0.1) is 5.92 Å². The Morgan fingerprint density at radius 2 is 1.69 bits per heavy atom. The molecule has 0 fully saturated rings. The number of unbranched alkanes of at least 4 members (excludes halogenated alkanes) is 1. The van der Waals surface area contributed by atoms with Crippen LogP contribution in [-0.2, 0) is 19.1 Å². The highest BCUT2D eigenvalue weighted by Crippen LogP contribution is 2.20. The zero-order valence-electron chi connectivity index (χ0n) is 10.4. The van der Waals surface area contributed by atoms with Crippen molar-refractivity contribution >= 4 is 11.9 Å². The Morgan fingerprint density at radius 3 is 2.00 bits per heavy atom. The largest absolute Gasteiger partial charge is 0.468 e. The molecule has 0 aliphatic rings. The molecule has 0 spiro atoms. The molecule has 0 amide bonds. The second-order valence-electron chi connectivity index (χ2n) is 3.45. The van der Waals surface area contributed by atoms with Crippen molar-refractivity contribution in [2.75, 3.05) is 14.2 Å². The van der Waals surface area contributed by atoms with E-state index in [0.29, 0.717) is 6.42 Å². The fourth-order valence-electron chi connectivity index (χ4n) is 1.47. The van der Waals surface area contributed by atoms with E-state index in [0.717, 1.165) is 18.4 Å². The van der Waals surface area contributed by atoms with Crippen LogP contribution >= 0.6 is 0 Å². The summed E-state index contributed by atoms with van der Waals surface area (Å²) in [6.45, 7) is 3.86. The quantitative estimate of drug-likeness (QED) is 0.397. The molecule has 0 N–H and O–H groups in total. The molecule has 0 saturated heterocycles. The van der Waals surface area contributed by atoms with E-state index in [1.807, 2.05) is 6.92 Å². The topological polar surface area (TPSA) is 52.6 Å². The molecule has 92 valence electrons. The number of carbonyl (C=O) groups is 2. The Hall–Kier alpha value is -1.32. The minimum Gasteiger partial charge on any atom is -0.468 e. The second kappa shape index (κ2) is 7.91. The fourth-order valence-corrected chi connectivity index (χ4v) is 1.47. The standard InChI is InChI=1S/C12H20O4/c1-5-7-8-9(6-2)10(11(13)15-3)12(14)16-4/h6,10H,5,7-8H2,1-4H3/b9-6+. The third-order valence-corrected chi connectivity index (χ3v) is 2.43. The maximum atomic E-state index is 11.5. The summed E-state index contributed by atoms with van der Waals surface area (Å²) in [4.78, 5) is 23.0. The Morgan fingerprint density at radius 1 is 1.19 bits per heavy atom. The van der Waals surface area contributed by atoms with Crippen LogP contribution in [0.4, 0.5) is 0 Å². The van der Waals surface area contributed by atoms with Crippen molar-refractivity contribution in [2.45, 2.75) is 33.1 Å². The SMILES string of the molecule is C/C=C(\CCCC)C(C(=O)OC)C(=O)OC. The summed E-state index contributed by atoms with van der Waals surface area (Å²) in [6, 6.07) is 0. The van der Waals surface area contributed by atoms with E-state index in [1.54, 1.807) is 6.08 Å². The molecular formula is C12H20O4. The van der Waals surface area contributed by atoms with Gasteiger partial charge in [-0.25, -0.2) is 0 Å². The van der Waals surface area contributed by atoms with Gasteiger partial charge in [-0.15, -0.1) is 0 Å². The van der Waals surface area contributed by atoms with E-state index in [9.17, 15) is 9.59 Å². The molecular weight excluding hydrogens is 208 g/mol. The first-order chi connectivity index (χ1) is 7.62. The van der Waals surface area contributed by atoms with Gasteiger partial charge in [0.05, 0.1) is 14.2 Å². The highest BCUT2D eigenvalue weighted by Gasteiger charge is 2.31. The lowest BCUT2D eigenvalue weighted by Gasteiger charge is -2.15. The summed E-state index contributed by atoms with van der Waals surface area (Å²) < 4.78 is 9.23. The van der Waals surface area contributed by atoms with Crippen molar-refractivity contribution in [3.05, 3.63) is 11.6 Å². The average molecular weight is 228 g/mol. The molecule has 0 aromatic carbocycles. The van der Waals surface area contributed by atoms with Gasteiger partial charge in [0.1, 0.15) is 0 Å². The van der Waals surface area contributed by atoms with Gasteiger partial charge >= 0.3 is 11.9 Å². The predicted molar refractivity (Wildman–Crippen MR) is 60.8 cm³/mol. The van der Waals surface area contributed by atoms with Crippen molar-refractivity contribution in [1.82, 2.24) is 0 Å². The van der Waals surface area contributed by atoms with Gasteiger partial charge in [-0.2, -0.15) is 0 Å². The number of hydrogen-bond donors (Lipinski definition) is 0. The summed E-state index contributed by atoms with van der Waals surface area (Å²) in [5.74, 6) is -2.03. The molecule has 0 saturated carbocycles. The summed E-state index contributed by atoms with van der Waals surface area (Å²) in [5, 5.41) is 0. The molecule has 0 radical (unpaired) electrons. The van der Waals surface area contributed by atoms with Crippen LogP contribution in [0.5, 0.6) is 0 Å². The lowest BCUT2D eigenvalue weighted by atomic mass is 9.94. The van der Waals surface area contributed by atoms with Crippen molar-refractivity contribution in [3.63, 3.8) is 0 Å². The summed E-state index contributed by atoms with van der Waals surface area (Å²) >= 11 is 0. The van der Waals surface area contributed by atoms with Gasteiger partial charge in [0.15, 0.2) is 5.92 Å². The third kappa shape index (κ3) is 4.04. The monoisotopic (exact) mass is 228 g/mol. The highest BCUT2D eigenvalue weighted by atomic mass is 16.5. The number of carbonyl (C=O) groups excluding carboxylic acids is 2. The van der Waals surface area contributed by atoms with E-state index in [-0.39, 0.29) is 0 Å². The van der Waals surface area contributed by atoms with Crippen LogP contribution in [0.25, 0.3) is 0 Å². The smallest absolute Gasteiger partial charge is 0.324 e. The minimum atomic E-state index is -0.911. The molecule has 0 aromatic rings. The number of hydrogen-bond acceptors (Lipinski definition) is 4. The zero-order valence-corrected chi connectivity index (χ0v) is 10.4. The lowest BCUT2D eigenvalue weighted by Crippen LogP contribution is -2.28. The first kappa shape index (κ1) is 14.7. The van der Waals surface area contributed by atoms with Crippen molar-refractivity contribution in [1.29, 1.82) is 0 Å². The molecule has 0 aromatic heterocycles. The number of allylic oxidation sites excluding steroid dienone is 1. The number of methoxy groups -OCH3 is 2.